The zero-order valence-electron chi connectivity index (χ0n) is 16.4. The zero-order valence-corrected chi connectivity index (χ0v) is 17.9. The van der Waals surface area contributed by atoms with Gasteiger partial charge in [0.25, 0.3) is 5.91 Å². The molecule has 2 N–H and O–H groups in total. The molecule has 0 spiro atoms. The van der Waals surface area contributed by atoms with Gasteiger partial charge in [0.1, 0.15) is 23.6 Å². The van der Waals surface area contributed by atoms with E-state index in [1.165, 1.54) is 33.3 Å². The molecular weight excluding hydrogens is 433 g/mol. The van der Waals surface area contributed by atoms with Gasteiger partial charge < -0.3 is 20.1 Å². The van der Waals surface area contributed by atoms with Crippen molar-refractivity contribution in [2.75, 3.05) is 26.1 Å². The van der Waals surface area contributed by atoms with E-state index in [-0.39, 0.29) is 5.02 Å². The van der Waals surface area contributed by atoms with Gasteiger partial charge in [-0.25, -0.2) is 4.79 Å². The standard InChI is InChI=1S/C20H19Cl2N3O5/c1-20(11-4-6-13(21)14(22)8-11)18(27)25(19(28)24-20)10-17(26)23-15-9-12(29-2)5-7-16(15)30-3/h4-9H,10H2,1-3H3,(H,23,26)(H,24,28). The Kier molecular flexibility index (Phi) is 6.09. The molecule has 30 heavy (non-hydrogen) atoms. The third kappa shape index (κ3) is 4.01. The fraction of sp³-hybridized carbons (Fsp3) is 0.250. The molecule has 0 aliphatic carbocycles. The number of benzene rings is 2. The van der Waals surface area contributed by atoms with Crippen molar-refractivity contribution in [3.63, 3.8) is 0 Å². The average Bonchev–Trinajstić information content (AvgIpc) is 2.93. The number of ether oxygens (including phenoxy) is 2. The lowest BCUT2D eigenvalue weighted by atomic mass is 9.92. The van der Waals surface area contributed by atoms with Crippen LogP contribution in [0.4, 0.5) is 10.5 Å². The summed E-state index contributed by atoms with van der Waals surface area (Å²) >= 11 is 12.0. The molecule has 4 amide bonds. The lowest BCUT2D eigenvalue weighted by Gasteiger charge is -2.22. The molecule has 10 heteroatoms. The molecule has 158 valence electrons. The number of methoxy groups -OCH3 is 2. The normalized spacial score (nSPS) is 18.2. The van der Waals surface area contributed by atoms with Crippen LogP contribution in [0.1, 0.15) is 12.5 Å². The van der Waals surface area contributed by atoms with Gasteiger partial charge in [-0.1, -0.05) is 29.3 Å². The molecule has 3 rings (SSSR count). The van der Waals surface area contributed by atoms with E-state index < -0.39 is 29.9 Å². The second kappa shape index (κ2) is 8.41. The predicted octanol–water partition coefficient (Wildman–Crippen LogP) is 3.42. The summed E-state index contributed by atoms with van der Waals surface area (Å²) in [6.45, 7) is 1.05. The minimum absolute atomic E-state index is 0.249. The van der Waals surface area contributed by atoms with E-state index >= 15 is 0 Å². The van der Waals surface area contributed by atoms with E-state index in [0.717, 1.165) is 4.90 Å². The van der Waals surface area contributed by atoms with Crippen LogP contribution in [-0.2, 0) is 15.1 Å². The van der Waals surface area contributed by atoms with Crippen LogP contribution in [0.2, 0.25) is 10.0 Å². The Morgan fingerprint density at radius 2 is 1.83 bits per heavy atom. The number of carbonyl (C=O) groups is 3. The number of rotatable bonds is 6. The number of nitrogens with zero attached hydrogens (tertiary/aromatic N) is 1. The molecule has 8 nitrogen and oxygen atoms in total. The summed E-state index contributed by atoms with van der Waals surface area (Å²) in [6.07, 6.45) is 0. The van der Waals surface area contributed by atoms with Gasteiger partial charge >= 0.3 is 6.03 Å². The SMILES string of the molecule is COc1ccc(OC)c(NC(=O)CN2C(=O)NC(C)(c3ccc(Cl)c(Cl)c3)C2=O)c1. The lowest BCUT2D eigenvalue weighted by molar-refractivity contribution is -0.133. The highest BCUT2D eigenvalue weighted by molar-refractivity contribution is 6.42. The van der Waals surface area contributed by atoms with E-state index in [2.05, 4.69) is 10.6 Å². The highest BCUT2D eigenvalue weighted by Crippen LogP contribution is 2.33. The van der Waals surface area contributed by atoms with Gasteiger partial charge in [0.05, 0.1) is 30.0 Å². The fourth-order valence-electron chi connectivity index (χ4n) is 3.09. The number of hydrogen-bond donors (Lipinski definition) is 2. The second-order valence-corrected chi connectivity index (χ2v) is 7.50. The number of hydrogen-bond acceptors (Lipinski definition) is 5. The minimum Gasteiger partial charge on any atom is -0.497 e. The summed E-state index contributed by atoms with van der Waals surface area (Å²) in [5.74, 6) is -0.252. The number of carbonyl (C=O) groups excluding carboxylic acids is 3. The van der Waals surface area contributed by atoms with Crippen molar-refractivity contribution >= 4 is 46.7 Å². The highest BCUT2D eigenvalue weighted by Gasteiger charge is 2.49. The van der Waals surface area contributed by atoms with Gasteiger partial charge in [-0.15, -0.1) is 0 Å². The van der Waals surface area contributed by atoms with Crippen LogP contribution in [-0.4, -0.2) is 43.5 Å². The van der Waals surface area contributed by atoms with Gasteiger partial charge in [-0.05, 0) is 36.8 Å². The lowest BCUT2D eigenvalue weighted by Crippen LogP contribution is -2.42. The van der Waals surface area contributed by atoms with E-state index in [0.29, 0.717) is 27.8 Å². The van der Waals surface area contributed by atoms with Crippen molar-refractivity contribution in [1.29, 1.82) is 0 Å². The van der Waals surface area contributed by atoms with Crippen LogP contribution in [0, 0.1) is 0 Å². The number of halogens is 2. The Morgan fingerprint density at radius 3 is 2.47 bits per heavy atom. The summed E-state index contributed by atoms with van der Waals surface area (Å²) < 4.78 is 10.4. The largest absolute Gasteiger partial charge is 0.497 e. The Morgan fingerprint density at radius 1 is 1.10 bits per heavy atom. The van der Waals surface area contributed by atoms with Crippen LogP contribution in [0.15, 0.2) is 36.4 Å². The maximum absolute atomic E-state index is 13.0. The Balaban J connectivity index is 1.79. The molecule has 1 heterocycles. The Labute approximate surface area is 183 Å². The number of nitrogens with one attached hydrogen (secondary N) is 2. The maximum Gasteiger partial charge on any atom is 0.325 e. The molecule has 2 aromatic carbocycles. The quantitative estimate of drug-likeness (QED) is 0.655. The molecule has 1 fully saturated rings. The van der Waals surface area contributed by atoms with Gasteiger partial charge in [-0.2, -0.15) is 0 Å². The molecule has 1 saturated heterocycles. The van der Waals surface area contributed by atoms with Crippen molar-refractivity contribution in [3.8, 4) is 11.5 Å². The molecule has 1 atom stereocenters. The highest BCUT2D eigenvalue weighted by atomic mass is 35.5. The van der Waals surface area contributed by atoms with Crippen LogP contribution in [0.25, 0.3) is 0 Å². The Bertz CT molecular complexity index is 1030. The van der Waals surface area contributed by atoms with Crippen LogP contribution >= 0.6 is 23.2 Å². The van der Waals surface area contributed by atoms with Crippen molar-refractivity contribution in [3.05, 3.63) is 52.0 Å². The van der Waals surface area contributed by atoms with Crippen molar-refractivity contribution in [1.82, 2.24) is 10.2 Å². The first-order chi connectivity index (χ1) is 14.2. The fourth-order valence-corrected chi connectivity index (χ4v) is 3.39. The molecular formula is C20H19Cl2N3O5. The van der Waals surface area contributed by atoms with E-state index in [9.17, 15) is 14.4 Å². The van der Waals surface area contributed by atoms with E-state index in [1.807, 2.05) is 0 Å². The number of amides is 4. The smallest absolute Gasteiger partial charge is 0.325 e. The van der Waals surface area contributed by atoms with Gasteiger partial charge in [-0.3, -0.25) is 14.5 Å². The van der Waals surface area contributed by atoms with Crippen LogP contribution < -0.4 is 20.1 Å². The monoisotopic (exact) mass is 451 g/mol. The molecule has 1 unspecified atom stereocenters. The third-order valence-corrected chi connectivity index (χ3v) is 5.49. The average molecular weight is 452 g/mol. The van der Waals surface area contributed by atoms with Gasteiger partial charge in [0, 0.05) is 6.07 Å². The summed E-state index contributed by atoms with van der Waals surface area (Å²) in [5.41, 5.74) is -0.576. The summed E-state index contributed by atoms with van der Waals surface area (Å²) in [4.78, 5) is 38.8. The predicted molar refractivity (Wildman–Crippen MR) is 112 cm³/mol. The van der Waals surface area contributed by atoms with Crippen molar-refractivity contribution in [2.45, 2.75) is 12.5 Å². The molecule has 0 saturated carbocycles. The molecule has 0 bridgehead atoms. The number of anilines is 1. The number of imide groups is 1. The molecule has 1 aliphatic heterocycles. The van der Waals surface area contributed by atoms with E-state index in [4.69, 9.17) is 32.7 Å². The molecule has 0 radical (unpaired) electrons. The zero-order chi connectivity index (χ0) is 22.1. The Hall–Kier alpha value is -2.97. The van der Waals surface area contributed by atoms with Crippen molar-refractivity contribution < 1.29 is 23.9 Å². The molecule has 0 aromatic heterocycles. The summed E-state index contributed by atoms with van der Waals surface area (Å²) in [7, 11) is 2.95. The third-order valence-electron chi connectivity index (χ3n) is 4.75. The van der Waals surface area contributed by atoms with Crippen LogP contribution in [0.3, 0.4) is 0 Å². The van der Waals surface area contributed by atoms with Gasteiger partial charge in [0.2, 0.25) is 5.91 Å². The summed E-state index contributed by atoms with van der Waals surface area (Å²) in [5, 5.41) is 5.82. The molecule has 2 aromatic rings. The minimum atomic E-state index is -1.38. The number of urea groups is 1. The molecule has 1 aliphatic rings. The maximum atomic E-state index is 13.0. The topological polar surface area (TPSA) is 97.0 Å². The second-order valence-electron chi connectivity index (χ2n) is 6.69. The first kappa shape index (κ1) is 21.7. The van der Waals surface area contributed by atoms with Crippen molar-refractivity contribution in [2.24, 2.45) is 0 Å². The van der Waals surface area contributed by atoms with E-state index in [1.54, 1.807) is 24.3 Å². The van der Waals surface area contributed by atoms with Crippen LogP contribution in [0.5, 0.6) is 11.5 Å². The first-order valence-electron chi connectivity index (χ1n) is 8.81. The summed E-state index contributed by atoms with van der Waals surface area (Å²) in [6, 6.07) is 8.82. The van der Waals surface area contributed by atoms with Gasteiger partial charge in [0.15, 0.2) is 0 Å². The first-order valence-corrected chi connectivity index (χ1v) is 9.56.